The number of guanidine groups is 1. The molecule has 2 amide bonds. The van der Waals surface area contributed by atoms with Crippen LogP contribution in [-0.2, 0) is 23.8 Å². The van der Waals surface area contributed by atoms with Crippen LogP contribution < -0.4 is 5.32 Å². The quantitative estimate of drug-likeness (QED) is 0.534. The molecule has 1 N–H and O–H groups in total. The predicted molar refractivity (Wildman–Crippen MR) is 120 cm³/mol. The molecule has 2 aliphatic rings. The van der Waals surface area contributed by atoms with E-state index in [1.54, 1.807) is 39.7 Å². The molecule has 1 heterocycles. The van der Waals surface area contributed by atoms with E-state index in [-0.39, 0.29) is 42.1 Å². The van der Waals surface area contributed by atoms with Gasteiger partial charge >= 0.3 is 12.1 Å². The Morgan fingerprint density at radius 2 is 1.91 bits per heavy atom. The van der Waals surface area contributed by atoms with Crippen LogP contribution in [0.5, 0.6) is 0 Å². The molecule has 1 saturated carbocycles. The third-order valence-corrected chi connectivity index (χ3v) is 6.18. The van der Waals surface area contributed by atoms with Gasteiger partial charge in [-0.05, 0) is 59.3 Å². The highest BCUT2D eigenvalue weighted by atomic mass is 16.6. The van der Waals surface area contributed by atoms with Gasteiger partial charge in [0.1, 0.15) is 5.60 Å². The lowest BCUT2D eigenvalue weighted by Gasteiger charge is -2.45. The lowest BCUT2D eigenvalue weighted by molar-refractivity contribution is -0.145. The summed E-state index contributed by atoms with van der Waals surface area (Å²) in [7, 11) is 1.60. The number of nitrogens with zero attached hydrogens (tertiary/aromatic N) is 2. The fourth-order valence-corrected chi connectivity index (χ4v) is 4.24. The third-order valence-electron chi connectivity index (χ3n) is 6.18. The number of rotatable bonds is 9. The number of nitrogens with one attached hydrogen (secondary N) is 1. The summed E-state index contributed by atoms with van der Waals surface area (Å²) in [6, 6.07) is -0.336. The van der Waals surface area contributed by atoms with Crippen molar-refractivity contribution in [1.29, 1.82) is 0 Å². The maximum atomic E-state index is 13.4. The van der Waals surface area contributed by atoms with Crippen molar-refractivity contribution in [2.45, 2.75) is 90.8 Å². The number of methoxy groups -OCH3 is 1. The maximum Gasteiger partial charge on any atom is 0.437 e. The maximum absolute atomic E-state index is 13.4. The summed E-state index contributed by atoms with van der Waals surface area (Å²) in [5.74, 6) is -0.523. The summed E-state index contributed by atoms with van der Waals surface area (Å²) in [4.78, 5) is 44.0. The average molecular weight is 454 g/mol. The van der Waals surface area contributed by atoms with Gasteiger partial charge < -0.3 is 19.5 Å². The van der Waals surface area contributed by atoms with Crippen molar-refractivity contribution in [1.82, 2.24) is 10.2 Å². The zero-order chi connectivity index (χ0) is 24.1. The van der Waals surface area contributed by atoms with E-state index in [0.29, 0.717) is 38.9 Å². The number of amides is 2. The Labute approximate surface area is 191 Å². The zero-order valence-electron chi connectivity index (χ0n) is 20.5. The minimum absolute atomic E-state index is 0.0745. The second-order valence-corrected chi connectivity index (χ2v) is 9.58. The van der Waals surface area contributed by atoms with Crippen LogP contribution in [0.25, 0.3) is 0 Å². The van der Waals surface area contributed by atoms with Crippen LogP contribution in [0.15, 0.2) is 4.99 Å². The molecule has 32 heavy (non-hydrogen) atoms. The van der Waals surface area contributed by atoms with Gasteiger partial charge in [-0.25, -0.2) is 4.79 Å². The Balaban J connectivity index is 2.40. The molecule has 0 spiro atoms. The largest absolute Gasteiger partial charge is 0.466 e. The standard InChI is InChI=1S/C23H39N3O6/c1-8-23(9-2)14-18(27)26(20(25-23)24-21(29)32-22(4,5)6)17(11-12-30-7)15-13-16(15)19(28)31-10-3/h15-17H,8-14H2,1-7H3,(H,24,25,29)/t15-,16-,17-/m0/s1. The molecule has 2 rings (SSSR count). The van der Waals surface area contributed by atoms with E-state index in [0.717, 1.165) is 0 Å². The fourth-order valence-electron chi connectivity index (χ4n) is 4.24. The Hall–Kier alpha value is -2.16. The van der Waals surface area contributed by atoms with Gasteiger partial charge in [0, 0.05) is 25.3 Å². The highest BCUT2D eigenvalue weighted by Crippen LogP contribution is 2.46. The topological polar surface area (TPSA) is 107 Å². The summed E-state index contributed by atoms with van der Waals surface area (Å²) < 4.78 is 15.8. The Morgan fingerprint density at radius 3 is 2.44 bits per heavy atom. The van der Waals surface area contributed by atoms with Crippen LogP contribution in [0.3, 0.4) is 0 Å². The molecular formula is C23H39N3O6. The van der Waals surface area contributed by atoms with E-state index in [1.807, 2.05) is 13.8 Å². The Bertz CT molecular complexity index is 726. The molecule has 1 aliphatic heterocycles. The number of ether oxygens (including phenoxy) is 3. The molecule has 0 radical (unpaired) electrons. The van der Waals surface area contributed by atoms with Gasteiger partial charge in [-0.15, -0.1) is 4.99 Å². The lowest BCUT2D eigenvalue weighted by Crippen LogP contribution is -2.65. The van der Waals surface area contributed by atoms with Gasteiger partial charge in [-0.3, -0.25) is 14.5 Å². The number of aliphatic imine (C=N–C) groups is 1. The molecule has 182 valence electrons. The number of esters is 1. The van der Waals surface area contributed by atoms with Gasteiger partial charge in [-0.1, -0.05) is 13.8 Å². The summed E-state index contributed by atoms with van der Waals surface area (Å²) in [6.07, 6.45) is 2.08. The number of hydrogen-bond acceptors (Lipinski definition) is 6. The molecule has 0 aromatic carbocycles. The minimum atomic E-state index is -0.760. The Morgan fingerprint density at radius 1 is 1.25 bits per heavy atom. The Kier molecular flexibility index (Phi) is 8.67. The summed E-state index contributed by atoms with van der Waals surface area (Å²) in [5.41, 5.74) is -1.19. The van der Waals surface area contributed by atoms with Crippen molar-refractivity contribution in [3.05, 3.63) is 0 Å². The van der Waals surface area contributed by atoms with Gasteiger partial charge in [0.2, 0.25) is 11.9 Å². The number of carbonyl (C=O) groups excluding carboxylic acids is 3. The van der Waals surface area contributed by atoms with Gasteiger partial charge in [0.15, 0.2) is 0 Å². The van der Waals surface area contributed by atoms with Crippen molar-refractivity contribution >= 4 is 23.9 Å². The monoisotopic (exact) mass is 453 g/mol. The predicted octanol–water partition coefficient (Wildman–Crippen LogP) is 3.26. The van der Waals surface area contributed by atoms with E-state index in [1.165, 1.54) is 0 Å². The zero-order valence-corrected chi connectivity index (χ0v) is 20.5. The smallest absolute Gasteiger partial charge is 0.437 e. The molecule has 0 aromatic rings. The van der Waals surface area contributed by atoms with E-state index in [4.69, 9.17) is 14.2 Å². The molecule has 3 atom stereocenters. The van der Waals surface area contributed by atoms with Crippen molar-refractivity contribution in [2.24, 2.45) is 16.8 Å². The van der Waals surface area contributed by atoms with Crippen molar-refractivity contribution in [3.8, 4) is 0 Å². The molecule has 1 saturated heterocycles. The van der Waals surface area contributed by atoms with Crippen LogP contribution in [0, 0.1) is 11.8 Å². The highest BCUT2D eigenvalue weighted by molar-refractivity contribution is 6.04. The summed E-state index contributed by atoms with van der Waals surface area (Å²) in [6.45, 7) is 11.8. The average Bonchev–Trinajstić information content (AvgIpc) is 3.49. The van der Waals surface area contributed by atoms with E-state index < -0.39 is 17.2 Å². The SMILES string of the molecule is CCOC(=O)[C@H]1C[C@@H]1[C@H](CCOC)N1C(=O)CC(CC)(CC)NC1=NC(=O)OC(C)(C)C. The molecule has 0 unspecified atom stereocenters. The van der Waals surface area contributed by atoms with E-state index in [2.05, 4.69) is 10.3 Å². The molecule has 9 nitrogen and oxygen atoms in total. The first kappa shape index (κ1) is 26.1. The molecule has 9 heteroatoms. The first-order valence-electron chi connectivity index (χ1n) is 11.6. The molecule has 0 bridgehead atoms. The minimum Gasteiger partial charge on any atom is -0.466 e. The van der Waals surface area contributed by atoms with Crippen molar-refractivity contribution in [2.75, 3.05) is 20.3 Å². The highest BCUT2D eigenvalue weighted by Gasteiger charge is 2.54. The number of hydrogen-bond donors (Lipinski definition) is 1. The van der Waals surface area contributed by atoms with Crippen LogP contribution in [0.2, 0.25) is 0 Å². The van der Waals surface area contributed by atoms with Crippen LogP contribution in [0.4, 0.5) is 4.79 Å². The van der Waals surface area contributed by atoms with Gasteiger partial charge in [-0.2, -0.15) is 0 Å². The molecular weight excluding hydrogens is 414 g/mol. The van der Waals surface area contributed by atoms with Crippen LogP contribution in [-0.4, -0.2) is 66.3 Å². The first-order chi connectivity index (χ1) is 15.0. The van der Waals surface area contributed by atoms with E-state index >= 15 is 0 Å². The van der Waals surface area contributed by atoms with Gasteiger partial charge in [0.05, 0.1) is 18.9 Å². The number of carbonyl (C=O) groups is 3. The third kappa shape index (κ3) is 6.43. The summed E-state index contributed by atoms with van der Waals surface area (Å²) in [5, 5.41) is 3.37. The van der Waals surface area contributed by atoms with Gasteiger partial charge in [0.25, 0.3) is 0 Å². The van der Waals surface area contributed by atoms with Crippen LogP contribution in [0.1, 0.15) is 73.6 Å². The van der Waals surface area contributed by atoms with Crippen LogP contribution >= 0.6 is 0 Å². The molecule has 0 aromatic heterocycles. The normalized spacial score (nSPS) is 24.7. The second kappa shape index (κ2) is 10.6. The van der Waals surface area contributed by atoms with E-state index in [9.17, 15) is 14.4 Å². The molecule has 2 fully saturated rings. The lowest BCUT2D eigenvalue weighted by atomic mass is 9.86. The fraction of sp³-hybridized carbons (Fsp3) is 0.826. The summed E-state index contributed by atoms with van der Waals surface area (Å²) >= 11 is 0. The first-order valence-corrected chi connectivity index (χ1v) is 11.6. The second-order valence-electron chi connectivity index (χ2n) is 9.58. The molecule has 1 aliphatic carbocycles. The van der Waals surface area contributed by atoms with Crippen molar-refractivity contribution in [3.63, 3.8) is 0 Å². The van der Waals surface area contributed by atoms with Crippen molar-refractivity contribution < 1.29 is 28.6 Å².